The van der Waals surface area contributed by atoms with Crippen molar-refractivity contribution in [1.29, 1.82) is 0 Å². The summed E-state index contributed by atoms with van der Waals surface area (Å²) in [6.07, 6.45) is 8.80. The van der Waals surface area contributed by atoms with Crippen molar-refractivity contribution in [1.82, 2.24) is 9.97 Å². The van der Waals surface area contributed by atoms with E-state index in [2.05, 4.69) is 26.9 Å². The second-order valence-corrected chi connectivity index (χ2v) is 6.33. The summed E-state index contributed by atoms with van der Waals surface area (Å²) < 4.78 is 0. The molecule has 106 valence electrons. The summed E-state index contributed by atoms with van der Waals surface area (Å²) in [5, 5.41) is 7.92. The fourth-order valence-corrected chi connectivity index (χ4v) is 3.37. The molecule has 6 heteroatoms. The van der Waals surface area contributed by atoms with E-state index in [1.54, 1.807) is 6.20 Å². The number of rotatable bonds is 5. The lowest BCUT2D eigenvalue weighted by atomic mass is 9.95. The highest BCUT2D eigenvalue weighted by atomic mass is 35.5. The number of aromatic nitrogens is 2. The second-order valence-electron chi connectivity index (χ2n) is 4.79. The van der Waals surface area contributed by atoms with Gasteiger partial charge in [-0.1, -0.05) is 18.0 Å². The van der Waals surface area contributed by atoms with E-state index in [4.69, 9.17) is 11.6 Å². The summed E-state index contributed by atoms with van der Waals surface area (Å²) in [4.78, 5) is 8.59. The lowest BCUT2D eigenvalue weighted by Gasteiger charge is -2.29. The van der Waals surface area contributed by atoms with Gasteiger partial charge >= 0.3 is 0 Å². The first-order valence-corrected chi connectivity index (χ1v) is 8.45. The lowest BCUT2D eigenvalue weighted by molar-refractivity contribution is 0.473. The van der Waals surface area contributed by atoms with Crippen LogP contribution in [-0.4, -0.2) is 34.1 Å². The van der Waals surface area contributed by atoms with Crippen molar-refractivity contribution >= 4 is 35.1 Å². The van der Waals surface area contributed by atoms with E-state index >= 15 is 0 Å². The molecule has 1 aromatic heterocycles. The monoisotopic (exact) mass is 300 g/mol. The molecule has 0 saturated heterocycles. The van der Waals surface area contributed by atoms with Gasteiger partial charge in [-0.2, -0.15) is 16.7 Å². The summed E-state index contributed by atoms with van der Waals surface area (Å²) in [7, 11) is 0. The molecule has 0 bridgehead atoms. The molecule has 19 heavy (non-hydrogen) atoms. The van der Waals surface area contributed by atoms with Crippen molar-refractivity contribution in [2.75, 3.05) is 23.4 Å². The number of nitrogens with one attached hydrogen (secondary N) is 2. The molecule has 0 radical (unpaired) electrons. The van der Waals surface area contributed by atoms with Crippen LogP contribution in [0.4, 0.5) is 11.8 Å². The quantitative estimate of drug-likeness (QED) is 0.869. The smallest absolute Gasteiger partial charge is 0.224 e. The Bertz CT molecular complexity index is 416. The van der Waals surface area contributed by atoms with Crippen molar-refractivity contribution < 1.29 is 0 Å². The molecule has 1 aromatic rings. The van der Waals surface area contributed by atoms with Crippen molar-refractivity contribution in [3.63, 3.8) is 0 Å². The molecule has 0 amide bonds. The van der Waals surface area contributed by atoms with Crippen molar-refractivity contribution in [2.24, 2.45) is 0 Å². The summed E-state index contributed by atoms with van der Waals surface area (Å²) in [6.45, 7) is 2.83. The van der Waals surface area contributed by atoms with Gasteiger partial charge in [0.2, 0.25) is 5.95 Å². The average Bonchev–Trinajstić information content (AvgIpc) is 2.43. The van der Waals surface area contributed by atoms with Gasteiger partial charge < -0.3 is 10.6 Å². The van der Waals surface area contributed by atoms with Gasteiger partial charge in [-0.15, -0.1) is 0 Å². The van der Waals surface area contributed by atoms with Gasteiger partial charge in [0.05, 0.1) is 6.20 Å². The largest absolute Gasteiger partial charge is 0.366 e. The maximum atomic E-state index is 6.17. The van der Waals surface area contributed by atoms with Crippen LogP contribution in [-0.2, 0) is 0 Å². The standard InChI is InChI=1S/C13H21ClN4S/c1-3-15-13-16-8-11(14)12(18-13)17-9-5-4-6-10(7-9)19-2/h8-10H,3-7H2,1-2H3,(H2,15,16,17,18). The highest BCUT2D eigenvalue weighted by Crippen LogP contribution is 2.30. The zero-order chi connectivity index (χ0) is 13.7. The fraction of sp³-hybridized carbons (Fsp3) is 0.692. The van der Waals surface area contributed by atoms with Crippen molar-refractivity contribution in [3.8, 4) is 0 Å². The molecule has 1 heterocycles. The highest BCUT2D eigenvalue weighted by Gasteiger charge is 2.22. The summed E-state index contributed by atoms with van der Waals surface area (Å²) in [5.74, 6) is 1.38. The second kappa shape index (κ2) is 7.20. The van der Waals surface area contributed by atoms with Crippen LogP contribution in [0.15, 0.2) is 6.20 Å². The van der Waals surface area contributed by atoms with Crippen molar-refractivity contribution in [2.45, 2.75) is 43.9 Å². The Kier molecular flexibility index (Phi) is 5.58. The topological polar surface area (TPSA) is 49.8 Å². The first kappa shape index (κ1) is 14.7. The SMILES string of the molecule is CCNc1ncc(Cl)c(NC2CCCC(SC)C2)n1. The van der Waals surface area contributed by atoms with E-state index in [0.29, 0.717) is 17.0 Å². The maximum Gasteiger partial charge on any atom is 0.224 e. The Balaban J connectivity index is 2.03. The molecule has 2 rings (SSSR count). The van der Waals surface area contributed by atoms with E-state index in [0.717, 1.165) is 17.6 Å². The van der Waals surface area contributed by atoms with E-state index in [9.17, 15) is 0 Å². The molecule has 0 aromatic carbocycles. The molecular formula is C13H21ClN4S. The number of halogens is 1. The van der Waals surface area contributed by atoms with Crippen LogP contribution in [0.1, 0.15) is 32.6 Å². The van der Waals surface area contributed by atoms with E-state index in [1.165, 1.54) is 25.7 Å². The van der Waals surface area contributed by atoms with E-state index in [-0.39, 0.29) is 0 Å². The summed E-state index contributed by atoms with van der Waals surface area (Å²) in [6, 6.07) is 0.466. The number of anilines is 2. The Hall–Kier alpha value is -0.680. The number of hydrogen-bond acceptors (Lipinski definition) is 5. The van der Waals surface area contributed by atoms with Gasteiger partial charge in [-0.25, -0.2) is 4.98 Å². The minimum atomic E-state index is 0.466. The minimum Gasteiger partial charge on any atom is -0.366 e. The molecule has 1 saturated carbocycles. The Morgan fingerprint density at radius 1 is 1.47 bits per heavy atom. The van der Waals surface area contributed by atoms with E-state index < -0.39 is 0 Å². The third-order valence-corrected chi connectivity index (χ3v) is 4.75. The molecule has 2 atom stereocenters. The Morgan fingerprint density at radius 2 is 2.32 bits per heavy atom. The third-order valence-electron chi connectivity index (χ3n) is 3.38. The molecule has 0 spiro atoms. The van der Waals surface area contributed by atoms with Gasteiger partial charge in [0, 0.05) is 17.8 Å². The molecule has 0 aliphatic heterocycles. The lowest BCUT2D eigenvalue weighted by Crippen LogP contribution is -2.29. The van der Waals surface area contributed by atoms with Gasteiger partial charge in [0.1, 0.15) is 5.02 Å². The van der Waals surface area contributed by atoms with Crippen LogP contribution in [0.25, 0.3) is 0 Å². The molecular weight excluding hydrogens is 280 g/mol. The summed E-state index contributed by atoms with van der Waals surface area (Å²) >= 11 is 8.12. The molecule has 1 aliphatic carbocycles. The molecule has 1 fully saturated rings. The Labute approximate surface area is 124 Å². The maximum absolute atomic E-state index is 6.17. The van der Waals surface area contributed by atoms with Crippen LogP contribution in [0.2, 0.25) is 5.02 Å². The Morgan fingerprint density at radius 3 is 3.05 bits per heavy atom. The normalized spacial score (nSPS) is 23.1. The van der Waals surface area contributed by atoms with Crippen LogP contribution in [0, 0.1) is 0 Å². The average molecular weight is 301 g/mol. The number of nitrogens with zero attached hydrogens (tertiary/aromatic N) is 2. The highest BCUT2D eigenvalue weighted by molar-refractivity contribution is 7.99. The van der Waals surface area contributed by atoms with Crippen LogP contribution in [0.3, 0.4) is 0 Å². The van der Waals surface area contributed by atoms with Crippen LogP contribution >= 0.6 is 23.4 Å². The first-order valence-electron chi connectivity index (χ1n) is 6.78. The number of thioether (sulfide) groups is 1. The molecule has 2 unspecified atom stereocenters. The fourth-order valence-electron chi connectivity index (χ4n) is 2.40. The predicted octanol–water partition coefficient (Wildman–Crippen LogP) is 3.65. The minimum absolute atomic E-state index is 0.466. The molecule has 4 nitrogen and oxygen atoms in total. The molecule has 1 aliphatic rings. The van der Waals surface area contributed by atoms with Gasteiger partial charge in [0.15, 0.2) is 5.82 Å². The van der Waals surface area contributed by atoms with Gasteiger partial charge in [-0.05, 0) is 32.4 Å². The third kappa shape index (κ3) is 4.14. The van der Waals surface area contributed by atoms with Crippen LogP contribution in [0.5, 0.6) is 0 Å². The van der Waals surface area contributed by atoms with Crippen LogP contribution < -0.4 is 10.6 Å². The van der Waals surface area contributed by atoms with E-state index in [1.807, 2.05) is 18.7 Å². The number of hydrogen-bond donors (Lipinski definition) is 2. The molecule has 2 N–H and O–H groups in total. The van der Waals surface area contributed by atoms with Crippen molar-refractivity contribution in [3.05, 3.63) is 11.2 Å². The van der Waals surface area contributed by atoms with Gasteiger partial charge in [-0.3, -0.25) is 0 Å². The zero-order valence-electron chi connectivity index (χ0n) is 11.4. The summed E-state index contributed by atoms with van der Waals surface area (Å²) in [5.41, 5.74) is 0. The zero-order valence-corrected chi connectivity index (χ0v) is 13.0. The first-order chi connectivity index (χ1) is 9.22. The van der Waals surface area contributed by atoms with Gasteiger partial charge in [0.25, 0.3) is 0 Å². The predicted molar refractivity (Wildman–Crippen MR) is 84.4 cm³/mol.